The molecule has 5 rings (SSSR count). The number of amides is 1. The number of carbonyl (C=O) groups excluding carboxylic acids is 3. The molecular formula is C31H35N3O7. The van der Waals surface area contributed by atoms with Gasteiger partial charge >= 0.3 is 0 Å². The monoisotopic (exact) mass is 561 g/mol. The number of aliphatic hydroxyl groups excluding tert-OH is 2. The van der Waals surface area contributed by atoms with Gasteiger partial charge in [0.25, 0.3) is 5.91 Å². The molecule has 2 aromatic carbocycles. The standard InChI is InChI=1S/C31H35N3O7/c1-13-17-11-12-18(15-7-9-16(10-8-15)33(3)4)25(35)20(17)26(36)21-19(13)14(2)23-24(34(5)6)27(37)22(30(32)40)29(39)31(23,41)28(21)38/h7-14,19,23-24,35-36,39,41H,1-6H3,(H2,32,40)/t13-,14-,19-,23-,24-,31-/m0/s1. The summed E-state index contributed by atoms with van der Waals surface area (Å²) in [5.41, 5.74) is 4.48. The van der Waals surface area contributed by atoms with Crippen LogP contribution in [0.5, 0.6) is 5.75 Å². The number of anilines is 1. The number of nitrogens with two attached hydrogens (primary N) is 1. The van der Waals surface area contributed by atoms with E-state index < -0.39 is 69.9 Å². The molecule has 10 nitrogen and oxygen atoms in total. The second-order valence-electron chi connectivity index (χ2n) is 11.8. The predicted octanol–water partition coefficient (Wildman–Crippen LogP) is 2.50. The van der Waals surface area contributed by atoms with Gasteiger partial charge in [-0.2, -0.15) is 0 Å². The zero-order chi connectivity index (χ0) is 30.3. The highest BCUT2D eigenvalue weighted by atomic mass is 16.3. The number of aromatic hydroxyl groups is 1. The molecule has 6 atom stereocenters. The van der Waals surface area contributed by atoms with Crippen LogP contribution in [0.3, 0.4) is 0 Å². The molecule has 0 spiro atoms. The molecule has 41 heavy (non-hydrogen) atoms. The van der Waals surface area contributed by atoms with Crippen molar-refractivity contribution in [3.05, 3.63) is 64.4 Å². The summed E-state index contributed by atoms with van der Waals surface area (Å²) in [4.78, 5) is 43.3. The molecule has 0 aromatic heterocycles. The van der Waals surface area contributed by atoms with Crippen LogP contribution in [0.15, 0.2) is 53.3 Å². The SMILES string of the molecule is C[C@H]1[C@H]2C(=C(O)c3c(ccc(-c4ccc(N(C)C)cc4)c3O)[C@@H]2C)C(=O)[C@]2(O)C(O)=C(C(N)=O)C(=O)[C@@H](N(C)C)[C@H]12. The Labute approximate surface area is 238 Å². The lowest BCUT2D eigenvalue weighted by atomic mass is 9.51. The summed E-state index contributed by atoms with van der Waals surface area (Å²) in [5.74, 6) is -7.78. The van der Waals surface area contributed by atoms with Crippen molar-refractivity contribution < 1.29 is 34.8 Å². The summed E-state index contributed by atoms with van der Waals surface area (Å²) < 4.78 is 0. The van der Waals surface area contributed by atoms with E-state index in [0.29, 0.717) is 16.7 Å². The molecule has 0 aliphatic heterocycles. The van der Waals surface area contributed by atoms with Crippen LogP contribution < -0.4 is 10.6 Å². The van der Waals surface area contributed by atoms with Crippen LogP contribution in [0.25, 0.3) is 16.9 Å². The quantitative estimate of drug-likeness (QED) is 0.353. The van der Waals surface area contributed by atoms with Crippen molar-refractivity contribution in [2.75, 3.05) is 33.1 Å². The van der Waals surface area contributed by atoms with Crippen LogP contribution in [-0.2, 0) is 14.4 Å². The van der Waals surface area contributed by atoms with Crippen LogP contribution in [0.2, 0.25) is 0 Å². The van der Waals surface area contributed by atoms with Gasteiger partial charge in [-0.25, -0.2) is 0 Å². The lowest BCUT2D eigenvalue weighted by molar-refractivity contribution is -0.160. The van der Waals surface area contributed by atoms with E-state index in [1.165, 1.54) is 4.90 Å². The Morgan fingerprint density at radius 1 is 0.951 bits per heavy atom. The average molecular weight is 562 g/mol. The first-order chi connectivity index (χ1) is 19.2. The van der Waals surface area contributed by atoms with E-state index in [2.05, 4.69) is 0 Å². The molecule has 10 heteroatoms. The molecule has 6 N–H and O–H groups in total. The van der Waals surface area contributed by atoms with Gasteiger partial charge in [0.1, 0.15) is 22.8 Å². The number of Topliss-reactive ketones (excluding diaryl/α,β-unsaturated/α-hetero) is 2. The number of hydrogen-bond acceptors (Lipinski definition) is 9. The van der Waals surface area contributed by atoms with E-state index in [9.17, 15) is 34.8 Å². The molecular weight excluding hydrogens is 526 g/mol. The topological polar surface area (TPSA) is 165 Å². The van der Waals surface area contributed by atoms with Gasteiger partial charge in [0.2, 0.25) is 5.78 Å². The predicted molar refractivity (Wildman–Crippen MR) is 153 cm³/mol. The van der Waals surface area contributed by atoms with E-state index in [4.69, 9.17) is 5.73 Å². The van der Waals surface area contributed by atoms with Gasteiger partial charge in [-0.1, -0.05) is 38.1 Å². The number of ketones is 2. The Kier molecular flexibility index (Phi) is 6.55. The number of phenols is 1. The van der Waals surface area contributed by atoms with Gasteiger partial charge in [0.05, 0.1) is 11.6 Å². The van der Waals surface area contributed by atoms with E-state index >= 15 is 0 Å². The van der Waals surface area contributed by atoms with Crippen LogP contribution in [-0.4, -0.2) is 82.6 Å². The van der Waals surface area contributed by atoms with Gasteiger partial charge in [0.15, 0.2) is 11.4 Å². The van der Waals surface area contributed by atoms with E-state index in [1.807, 2.05) is 50.2 Å². The minimum absolute atomic E-state index is 0.0650. The smallest absolute Gasteiger partial charge is 0.255 e. The molecule has 0 heterocycles. The van der Waals surface area contributed by atoms with Gasteiger partial charge in [-0.3, -0.25) is 19.3 Å². The molecule has 0 unspecified atom stereocenters. The summed E-state index contributed by atoms with van der Waals surface area (Å²) in [6.45, 7) is 3.60. The zero-order valence-electron chi connectivity index (χ0n) is 23.8. The Morgan fingerprint density at radius 2 is 1.56 bits per heavy atom. The van der Waals surface area contributed by atoms with Crippen LogP contribution >= 0.6 is 0 Å². The summed E-state index contributed by atoms with van der Waals surface area (Å²) in [7, 11) is 6.98. The van der Waals surface area contributed by atoms with Crippen LogP contribution in [0.4, 0.5) is 5.69 Å². The van der Waals surface area contributed by atoms with Crippen molar-refractivity contribution in [2.45, 2.75) is 31.4 Å². The summed E-state index contributed by atoms with van der Waals surface area (Å²) >= 11 is 0. The Morgan fingerprint density at radius 3 is 2.10 bits per heavy atom. The maximum Gasteiger partial charge on any atom is 0.255 e. The highest BCUT2D eigenvalue weighted by Crippen LogP contribution is 2.58. The van der Waals surface area contributed by atoms with Crippen LogP contribution in [0.1, 0.15) is 30.9 Å². The third kappa shape index (κ3) is 3.74. The van der Waals surface area contributed by atoms with Gasteiger partial charge in [-0.15, -0.1) is 0 Å². The number of likely N-dealkylation sites (N-methyl/N-ethyl adjacent to an activating group) is 1. The maximum atomic E-state index is 14.2. The highest BCUT2D eigenvalue weighted by molar-refractivity contribution is 6.24. The number of carbonyl (C=O) groups is 3. The van der Waals surface area contributed by atoms with Crippen molar-refractivity contribution in [1.82, 2.24) is 4.90 Å². The van der Waals surface area contributed by atoms with Gasteiger partial charge < -0.3 is 31.1 Å². The lowest BCUT2D eigenvalue weighted by Crippen LogP contribution is -2.68. The molecule has 3 aliphatic rings. The number of benzene rings is 2. The maximum absolute atomic E-state index is 14.2. The second-order valence-corrected chi connectivity index (χ2v) is 11.8. The van der Waals surface area contributed by atoms with Crippen molar-refractivity contribution in [3.8, 4) is 16.9 Å². The summed E-state index contributed by atoms with van der Waals surface area (Å²) in [5, 5.41) is 46.2. The first kappa shape index (κ1) is 28.4. The number of nitrogens with zero attached hydrogens (tertiary/aromatic N) is 2. The van der Waals surface area contributed by atoms with Crippen molar-refractivity contribution >= 4 is 28.9 Å². The van der Waals surface area contributed by atoms with Crippen molar-refractivity contribution in [2.24, 2.45) is 23.5 Å². The molecule has 1 fully saturated rings. The fourth-order valence-corrected chi connectivity index (χ4v) is 7.27. The molecule has 0 radical (unpaired) electrons. The van der Waals surface area contributed by atoms with Crippen molar-refractivity contribution in [3.63, 3.8) is 0 Å². The Bertz CT molecular complexity index is 1560. The molecule has 1 amide bonds. The van der Waals surface area contributed by atoms with E-state index in [1.54, 1.807) is 33.2 Å². The highest BCUT2D eigenvalue weighted by Gasteiger charge is 2.67. The number of phenolic OH excluding ortho intramolecular Hbond substituents is 1. The zero-order valence-corrected chi connectivity index (χ0v) is 23.8. The molecule has 1 saturated carbocycles. The second kappa shape index (κ2) is 9.46. The molecule has 0 saturated heterocycles. The third-order valence-corrected chi connectivity index (χ3v) is 9.22. The fraction of sp³-hybridized carbons (Fsp3) is 0.387. The Hall–Kier alpha value is -4.15. The number of aliphatic hydroxyl groups is 3. The number of hydrogen-bond donors (Lipinski definition) is 5. The lowest BCUT2D eigenvalue weighted by Gasteiger charge is -2.54. The average Bonchev–Trinajstić information content (AvgIpc) is 2.90. The van der Waals surface area contributed by atoms with Gasteiger partial charge in [0, 0.05) is 42.8 Å². The number of fused-ring (bicyclic) bond motifs is 3. The Balaban J connectivity index is 1.74. The van der Waals surface area contributed by atoms with Crippen LogP contribution in [0, 0.1) is 17.8 Å². The first-order valence-electron chi connectivity index (χ1n) is 13.4. The number of rotatable bonds is 4. The van der Waals surface area contributed by atoms with Gasteiger partial charge in [-0.05, 0) is 49.2 Å². The normalized spacial score (nSPS) is 29.3. The first-order valence-corrected chi connectivity index (χ1v) is 13.4. The summed E-state index contributed by atoms with van der Waals surface area (Å²) in [6.07, 6.45) is 0. The molecule has 3 aliphatic carbocycles. The van der Waals surface area contributed by atoms with Crippen molar-refractivity contribution in [1.29, 1.82) is 0 Å². The molecule has 2 aromatic rings. The fourth-order valence-electron chi connectivity index (χ4n) is 7.27. The van der Waals surface area contributed by atoms with E-state index in [-0.39, 0.29) is 16.9 Å². The number of primary amides is 1. The largest absolute Gasteiger partial charge is 0.508 e. The van der Waals surface area contributed by atoms with E-state index in [0.717, 1.165) is 5.69 Å². The minimum Gasteiger partial charge on any atom is -0.508 e. The summed E-state index contributed by atoms with van der Waals surface area (Å²) in [6, 6.07) is 9.89. The minimum atomic E-state index is -2.70. The molecule has 0 bridgehead atoms. The third-order valence-electron chi connectivity index (χ3n) is 9.22. The molecule has 216 valence electrons.